The molecule has 0 spiro atoms. The maximum atomic E-state index is 13.4. The van der Waals surface area contributed by atoms with Gasteiger partial charge in [-0.15, -0.1) is 0 Å². The fraction of sp³-hybridized carbons (Fsp3) is 0.605. The Labute approximate surface area is 315 Å². The number of pyridine rings is 1. The SMILES string of the molecule is CCn1c(-c2cccnc2[C@H](C)OC)c(CC(C)(C)COC(=O)[C@@H]2CCCNN2)c2cc(N(CC[SH](=O)=O)C(NC(=O)[C@@H](NC)C(C)C)OC)ccc21. The van der Waals surface area contributed by atoms with Crippen molar-refractivity contribution in [1.82, 2.24) is 31.0 Å². The van der Waals surface area contributed by atoms with Crippen LogP contribution < -0.4 is 26.4 Å². The first-order valence-electron chi connectivity index (χ1n) is 18.4. The monoisotopic (exact) mass is 757 g/mol. The molecule has 1 fully saturated rings. The number of hydrazine groups is 1. The van der Waals surface area contributed by atoms with Gasteiger partial charge in [0.05, 0.1) is 35.9 Å². The molecule has 1 saturated heterocycles. The summed E-state index contributed by atoms with van der Waals surface area (Å²) in [5.41, 5.74) is 10.9. The number of benzene rings is 1. The lowest BCUT2D eigenvalue weighted by molar-refractivity contribution is -0.150. The number of anilines is 1. The third kappa shape index (κ3) is 10.3. The third-order valence-electron chi connectivity index (χ3n) is 9.80. The molecule has 0 bridgehead atoms. The van der Waals surface area contributed by atoms with E-state index in [-0.39, 0.29) is 42.8 Å². The molecule has 1 unspecified atom stereocenters. The van der Waals surface area contributed by atoms with Crippen LogP contribution in [0.2, 0.25) is 0 Å². The van der Waals surface area contributed by atoms with Crippen molar-refractivity contribution in [3.63, 3.8) is 0 Å². The molecule has 1 aliphatic rings. The van der Waals surface area contributed by atoms with Crippen molar-refractivity contribution in [2.45, 2.75) is 91.9 Å². The molecule has 0 radical (unpaired) electrons. The fourth-order valence-electron chi connectivity index (χ4n) is 7.01. The minimum atomic E-state index is -2.71. The first kappa shape index (κ1) is 42.1. The second-order valence-corrected chi connectivity index (χ2v) is 15.8. The number of thiol groups is 1. The van der Waals surface area contributed by atoms with E-state index in [4.69, 9.17) is 19.2 Å². The second-order valence-electron chi connectivity index (χ2n) is 14.7. The highest BCUT2D eigenvalue weighted by Gasteiger charge is 2.32. The summed E-state index contributed by atoms with van der Waals surface area (Å²) in [6.07, 6.45) is 2.65. The quantitative estimate of drug-likeness (QED) is 0.0688. The number of amides is 1. The summed E-state index contributed by atoms with van der Waals surface area (Å²) in [5.74, 6) is -0.692. The first-order chi connectivity index (χ1) is 25.3. The van der Waals surface area contributed by atoms with Crippen LogP contribution in [0.3, 0.4) is 0 Å². The number of esters is 1. The lowest BCUT2D eigenvalue weighted by Crippen LogP contribution is -2.56. The van der Waals surface area contributed by atoms with Gasteiger partial charge in [-0.2, -0.15) is 0 Å². The Kier molecular flexibility index (Phi) is 15.2. The number of hydrogen-bond acceptors (Lipinski definition) is 12. The van der Waals surface area contributed by atoms with Crippen molar-refractivity contribution in [2.75, 3.05) is 51.6 Å². The predicted octanol–water partition coefficient (Wildman–Crippen LogP) is 3.51. The highest BCUT2D eigenvalue weighted by molar-refractivity contribution is 7.72. The van der Waals surface area contributed by atoms with Crippen LogP contribution >= 0.6 is 0 Å². The average molecular weight is 758 g/mol. The van der Waals surface area contributed by atoms with E-state index < -0.39 is 34.6 Å². The van der Waals surface area contributed by atoms with Gasteiger partial charge in [-0.25, -0.2) is 13.8 Å². The van der Waals surface area contributed by atoms with Gasteiger partial charge in [0, 0.05) is 67.6 Å². The molecule has 0 aliphatic carbocycles. The molecule has 294 valence electrons. The highest BCUT2D eigenvalue weighted by Crippen LogP contribution is 2.41. The van der Waals surface area contributed by atoms with Crippen molar-refractivity contribution >= 4 is 39.2 Å². The summed E-state index contributed by atoms with van der Waals surface area (Å²) in [7, 11) is 2.16. The van der Waals surface area contributed by atoms with E-state index in [1.54, 1.807) is 25.3 Å². The van der Waals surface area contributed by atoms with E-state index in [1.807, 2.05) is 45.0 Å². The lowest BCUT2D eigenvalue weighted by Gasteiger charge is -2.34. The van der Waals surface area contributed by atoms with Gasteiger partial charge in [0.15, 0.2) is 0 Å². The molecule has 1 aliphatic heterocycles. The van der Waals surface area contributed by atoms with Gasteiger partial charge in [0.1, 0.15) is 16.7 Å². The summed E-state index contributed by atoms with van der Waals surface area (Å²) in [6, 6.07) is 9.07. The Morgan fingerprint density at radius 1 is 1.15 bits per heavy atom. The predicted molar refractivity (Wildman–Crippen MR) is 208 cm³/mol. The Hall–Kier alpha value is -3.60. The Balaban J connectivity index is 1.88. The van der Waals surface area contributed by atoms with Gasteiger partial charge >= 0.3 is 5.97 Å². The number of methoxy groups -OCH3 is 2. The Morgan fingerprint density at radius 3 is 2.51 bits per heavy atom. The van der Waals surface area contributed by atoms with Crippen LogP contribution in [0.5, 0.6) is 0 Å². The van der Waals surface area contributed by atoms with Gasteiger partial charge in [0.2, 0.25) is 12.3 Å². The van der Waals surface area contributed by atoms with Gasteiger partial charge in [-0.3, -0.25) is 20.0 Å². The fourth-order valence-corrected chi connectivity index (χ4v) is 7.39. The smallest absolute Gasteiger partial charge is 0.324 e. The Bertz CT molecular complexity index is 1760. The van der Waals surface area contributed by atoms with Crippen LogP contribution in [0.4, 0.5) is 5.69 Å². The summed E-state index contributed by atoms with van der Waals surface area (Å²) in [4.78, 5) is 33.0. The molecule has 3 aromatic rings. The molecule has 3 heterocycles. The molecule has 1 amide bonds. The molecule has 53 heavy (non-hydrogen) atoms. The van der Waals surface area contributed by atoms with Crippen LogP contribution in [-0.2, 0) is 47.5 Å². The van der Waals surface area contributed by atoms with Gasteiger partial charge in [-0.05, 0) is 82.0 Å². The minimum Gasteiger partial charge on any atom is -0.464 e. The third-order valence-corrected chi connectivity index (χ3v) is 10.4. The molecule has 1 aromatic carbocycles. The number of fused-ring (bicyclic) bond motifs is 1. The molecule has 4 N–H and O–H groups in total. The highest BCUT2D eigenvalue weighted by atomic mass is 32.2. The van der Waals surface area contributed by atoms with Crippen LogP contribution in [0.25, 0.3) is 22.2 Å². The zero-order valence-electron chi connectivity index (χ0n) is 32.7. The number of nitrogens with one attached hydrogen (secondary N) is 4. The molecular formula is C38H59N7O7S. The zero-order valence-corrected chi connectivity index (χ0v) is 33.5. The number of likely N-dealkylation sites (N-methyl/N-ethyl adjacent to an activating group) is 1. The number of aryl methyl sites for hydroxylation is 1. The van der Waals surface area contributed by atoms with Crippen molar-refractivity contribution < 1.29 is 32.2 Å². The number of hydrogen-bond donors (Lipinski definition) is 5. The van der Waals surface area contributed by atoms with Crippen molar-refractivity contribution in [2.24, 2.45) is 11.3 Å². The topological polar surface area (TPSA) is 165 Å². The van der Waals surface area contributed by atoms with Crippen LogP contribution in [0, 0.1) is 11.3 Å². The van der Waals surface area contributed by atoms with E-state index in [2.05, 4.69) is 52.9 Å². The number of nitrogens with zero attached hydrogens (tertiary/aromatic N) is 3. The number of rotatable bonds is 19. The van der Waals surface area contributed by atoms with Gasteiger partial charge < -0.3 is 34.3 Å². The van der Waals surface area contributed by atoms with E-state index in [1.165, 1.54) is 7.11 Å². The van der Waals surface area contributed by atoms with E-state index in [0.29, 0.717) is 25.1 Å². The van der Waals surface area contributed by atoms with Gasteiger partial charge in [0.25, 0.3) is 0 Å². The van der Waals surface area contributed by atoms with Crippen LogP contribution in [-0.4, -0.2) is 95.0 Å². The molecule has 4 rings (SSSR count). The zero-order chi connectivity index (χ0) is 38.9. The van der Waals surface area contributed by atoms with Gasteiger partial charge in [-0.1, -0.05) is 27.7 Å². The molecule has 2 aromatic heterocycles. The molecule has 14 nitrogen and oxygen atoms in total. The molecule has 15 heteroatoms. The second kappa shape index (κ2) is 19.1. The maximum absolute atomic E-state index is 13.4. The number of carbonyl (C=O) groups is 2. The summed E-state index contributed by atoms with van der Waals surface area (Å²) in [6.45, 7) is 13.8. The number of ether oxygens (including phenoxy) is 3. The first-order valence-corrected chi connectivity index (χ1v) is 19.8. The standard InChI is InChI=1S/C38H59N7O7S/c1-10-44-31-16-15-26(45(19-20-53(48)49)37(51-9)42-35(46)32(39-7)24(2)3)21-28(31)29(34(44)27-13-11-17-40-33(27)25(4)50-8)22-38(5,6)23-52-36(47)30-14-12-18-41-43-30/h11,13,15-17,21,24-25,30,32,37,39,41,43,53H,10,12,14,18-20,22-23H2,1-9H3,(H,42,46)/t25-,30-,32-,37?/m0/s1. The van der Waals surface area contributed by atoms with Crippen LogP contribution in [0.1, 0.15) is 71.7 Å². The van der Waals surface area contributed by atoms with Crippen molar-refractivity contribution in [1.29, 1.82) is 0 Å². The van der Waals surface area contributed by atoms with E-state index in [0.717, 1.165) is 46.4 Å². The normalized spacial score (nSPS) is 16.8. The molecule has 4 atom stereocenters. The average Bonchev–Trinajstić information content (AvgIpc) is 3.44. The maximum Gasteiger partial charge on any atom is 0.324 e. The number of aromatic nitrogens is 2. The van der Waals surface area contributed by atoms with E-state index >= 15 is 0 Å². The summed E-state index contributed by atoms with van der Waals surface area (Å²) in [5, 5.41) is 6.97. The molecular weight excluding hydrogens is 699 g/mol. The van der Waals surface area contributed by atoms with Crippen LogP contribution in [0.15, 0.2) is 36.5 Å². The van der Waals surface area contributed by atoms with E-state index in [9.17, 15) is 18.0 Å². The van der Waals surface area contributed by atoms with Crippen molar-refractivity contribution in [3.8, 4) is 11.3 Å². The number of carbonyl (C=O) groups excluding carboxylic acids is 2. The summed E-state index contributed by atoms with van der Waals surface area (Å²) < 4.78 is 43.6. The molecule has 0 saturated carbocycles. The Morgan fingerprint density at radius 2 is 1.91 bits per heavy atom. The largest absolute Gasteiger partial charge is 0.464 e. The van der Waals surface area contributed by atoms with Crippen molar-refractivity contribution in [3.05, 3.63) is 47.8 Å². The lowest BCUT2D eigenvalue weighted by atomic mass is 9.84. The summed E-state index contributed by atoms with van der Waals surface area (Å²) >= 11 is 0. The minimum absolute atomic E-state index is 0.00429.